The predicted molar refractivity (Wildman–Crippen MR) is 88.9 cm³/mol. The van der Waals surface area contributed by atoms with E-state index in [0.29, 0.717) is 22.9 Å². The highest BCUT2D eigenvalue weighted by molar-refractivity contribution is 7.12. The first-order chi connectivity index (χ1) is 10.6. The Morgan fingerprint density at radius 1 is 1.41 bits per heavy atom. The van der Waals surface area contributed by atoms with Gasteiger partial charge in [-0.05, 0) is 23.9 Å². The maximum Gasteiger partial charge on any atom is 0.263 e. The van der Waals surface area contributed by atoms with E-state index in [0.717, 1.165) is 11.3 Å². The number of nitrogens with zero attached hydrogens (tertiary/aromatic N) is 1. The summed E-state index contributed by atoms with van der Waals surface area (Å²) in [5.74, 6) is -0.174. The Hall–Kier alpha value is -1.85. The number of hydrogen-bond donors (Lipinski definition) is 1. The van der Waals surface area contributed by atoms with Gasteiger partial charge in [-0.25, -0.2) is 0 Å². The number of nitrogens with one attached hydrogen (secondary N) is 1. The molecule has 1 aliphatic rings. The van der Waals surface area contributed by atoms with Crippen molar-refractivity contribution in [1.29, 1.82) is 0 Å². The second-order valence-corrected chi connectivity index (χ2v) is 6.47. The molecule has 2 heterocycles. The fraction of sp³-hybridized carbons (Fsp3) is 0.250. The fourth-order valence-electron chi connectivity index (χ4n) is 2.20. The Kier molecular flexibility index (Phi) is 4.45. The number of thiophene rings is 1. The third-order valence-electron chi connectivity index (χ3n) is 3.43. The van der Waals surface area contributed by atoms with E-state index < -0.39 is 0 Å². The van der Waals surface area contributed by atoms with Crippen LogP contribution in [0.3, 0.4) is 0 Å². The summed E-state index contributed by atoms with van der Waals surface area (Å²) in [6.07, 6.45) is 0.542. The van der Waals surface area contributed by atoms with Crippen molar-refractivity contribution in [2.24, 2.45) is 5.16 Å². The largest absolute Gasteiger partial charge is 0.390 e. The van der Waals surface area contributed by atoms with Crippen LogP contribution in [0.15, 0.2) is 40.9 Å². The minimum Gasteiger partial charge on any atom is -0.390 e. The lowest BCUT2D eigenvalue weighted by Gasteiger charge is -2.09. The second-order valence-electron chi connectivity index (χ2n) is 5.14. The maximum atomic E-state index is 12.0. The summed E-state index contributed by atoms with van der Waals surface area (Å²) < 4.78 is 0. The van der Waals surface area contributed by atoms with Crippen LogP contribution in [0.2, 0.25) is 5.02 Å². The van der Waals surface area contributed by atoms with E-state index in [2.05, 4.69) is 10.5 Å². The highest BCUT2D eigenvalue weighted by Crippen LogP contribution is 2.22. The number of rotatable bonds is 4. The van der Waals surface area contributed by atoms with Gasteiger partial charge in [0.2, 0.25) is 0 Å². The molecule has 0 unspecified atom stereocenters. The van der Waals surface area contributed by atoms with Crippen LogP contribution < -0.4 is 5.32 Å². The van der Waals surface area contributed by atoms with E-state index >= 15 is 0 Å². The number of carbonyl (C=O) groups excluding carboxylic acids is 1. The summed E-state index contributed by atoms with van der Waals surface area (Å²) >= 11 is 7.27. The van der Waals surface area contributed by atoms with E-state index in [1.807, 2.05) is 31.2 Å². The molecule has 0 aliphatic carbocycles. The summed E-state index contributed by atoms with van der Waals surface area (Å²) in [6.45, 7) is 2.46. The van der Waals surface area contributed by atoms with Gasteiger partial charge in [-0.3, -0.25) is 4.79 Å². The van der Waals surface area contributed by atoms with Gasteiger partial charge in [0.1, 0.15) is 11.0 Å². The molecule has 0 fully saturated rings. The Morgan fingerprint density at radius 3 is 2.86 bits per heavy atom. The normalized spacial score (nSPS) is 17.0. The first-order valence-electron chi connectivity index (χ1n) is 6.94. The van der Waals surface area contributed by atoms with E-state index in [-0.39, 0.29) is 12.0 Å². The number of oxime groups is 1. The van der Waals surface area contributed by atoms with Gasteiger partial charge in [0.25, 0.3) is 5.91 Å². The number of halogens is 1. The first-order valence-corrected chi connectivity index (χ1v) is 8.20. The third-order valence-corrected chi connectivity index (χ3v) is 4.77. The highest BCUT2D eigenvalue weighted by atomic mass is 35.5. The van der Waals surface area contributed by atoms with Crippen molar-refractivity contribution in [2.75, 3.05) is 6.54 Å². The smallest absolute Gasteiger partial charge is 0.263 e. The molecule has 1 aromatic carbocycles. The summed E-state index contributed by atoms with van der Waals surface area (Å²) in [4.78, 5) is 17.9. The SMILES string of the molecule is Cc1ccc(C2=NO[C@H](CNC(=O)c3sccc3Cl)C2)cc1. The minimum atomic E-state index is -0.174. The molecule has 1 amide bonds. The molecule has 4 nitrogen and oxygen atoms in total. The molecule has 3 rings (SSSR count). The number of aryl methyl sites for hydroxylation is 1. The average molecular weight is 335 g/mol. The molecule has 6 heteroatoms. The average Bonchev–Trinajstić information content (AvgIpc) is 3.14. The van der Waals surface area contributed by atoms with Crippen LogP contribution in [0.1, 0.15) is 27.2 Å². The van der Waals surface area contributed by atoms with Crippen molar-refractivity contribution in [1.82, 2.24) is 5.32 Å². The Labute approximate surface area is 137 Å². The molecular weight excluding hydrogens is 320 g/mol. The van der Waals surface area contributed by atoms with Crippen molar-refractivity contribution in [3.63, 3.8) is 0 Å². The van der Waals surface area contributed by atoms with E-state index in [1.54, 1.807) is 11.4 Å². The minimum absolute atomic E-state index is 0.140. The molecule has 22 heavy (non-hydrogen) atoms. The molecule has 2 aromatic rings. The van der Waals surface area contributed by atoms with Crippen LogP contribution >= 0.6 is 22.9 Å². The first kappa shape index (κ1) is 15.1. The Bertz CT molecular complexity index is 709. The number of amides is 1. The van der Waals surface area contributed by atoms with Gasteiger partial charge in [-0.15, -0.1) is 11.3 Å². The van der Waals surface area contributed by atoms with Gasteiger partial charge in [0.05, 0.1) is 17.3 Å². The number of hydrogen-bond acceptors (Lipinski definition) is 4. The Balaban J connectivity index is 1.53. The lowest BCUT2D eigenvalue weighted by molar-refractivity contribution is 0.0756. The monoisotopic (exact) mass is 334 g/mol. The summed E-state index contributed by atoms with van der Waals surface area (Å²) in [5, 5.41) is 9.23. The zero-order chi connectivity index (χ0) is 15.5. The van der Waals surface area contributed by atoms with Gasteiger partial charge in [-0.2, -0.15) is 0 Å². The molecular formula is C16H15ClN2O2S. The molecule has 1 aromatic heterocycles. The quantitative estimate of drug-likeness (QED) is 0.928. The molecule has 1 N–H and O–H groups in total. The van der Waals surface area contributed by atoms with Crippen LogP contribution in [0.25, 0.3) is 0 Å². The van der Waals surface area contributed by atoms with Gasteiger partial charge >= 0.3 is 0 Å². The van der Waals surface area contributed by atoms with E-state index in [4.69, 9.17) is 16.4 Å². The van der Waals surface area contributed by atoms with Gasteiger partial charge in [-0.1, -0.05) is 46.6 Å². The van der Waals surface area contributed by atoms with Crippen LogP contribution in [-0.2, 0) is 4.84 Å². The highest BCUT2D eigenvalue weighted by Gasteiger charge is 2.23. The molecule has 0 saturated carbocycles. The molecule has 0 radical (unpaired) electrons. The van der Waals surface area contributed by atoms with Gasteiger partial charge < -0.3 is 10.2 Å². The number of carbonyl (C=O) groups is 1. The Morgan fingerprint density at radius 2 is 2.18 bits per heavy atom. The molecule has 114 valence electrons. The molecule has 1 atom stereocenters. The van der Waals surface area contributed by atoms with Crippen LogP contribution in [0.5, 0.6) is 0 Å². The lowest BCUT2D eigenvalue weighted by Crippen LogP contribution is -2.32. The van der Waals surface area contributed by atoms with Gasteiger partial charge in [0.15, 0.2) is 0 Å². The zero-order valence-corrected chi connectivity index (χ0v) is 13.6. The van der Waals surface area contributed by atoms with Crippen molar-refractivity contribution in [3.05, 3.63) is 56.7 Å². The topological polar surface area (TPSA) is 50.7 Å². The van der Waals surface area contributed by atoms with E-state index in [1.165, 1.54) is 16.9 Å². The molecule has 0 bridgehead atoms. The standard InChI is InChI=1S/C16H15ClN2O2S/c1-10-2-4-11(5-3-10)14-8-12(21-19-14)9-18-16(20)15-13(17)6-7-22-15/h2-7,12H,8-9H2,1H3,(H,18,20)/t12-/m0/s1. The maximum absolute atomic E-state index is 12.0. The summed E-state index contributed by atoms with van der Waals surface area (Å²) in [5.41, 5.74) is 3.18. The summed E-state index contributed by atoms with van der Waals surface area (Å²) in [7, 11) is 0. The van der Waals surface area contributed by atoms with E-state index in [9.17, 15) is 4.79 Å². The third kappa shape index (κ3) is 3.31. The number of benzene rings is 1. The zero-order valence-electron chi connectivity index (χ0n) is 12.0. The van der Waals surface area contributed by atoms with Crippen molar-refractivity contribution in [3.8, 4) is 0 Å². The van der Waals surface area contributed by atoms with Crippen LogP contribution in [0, 0.1) is 6.92 Å². The molecule has 0 saturated heterocycles. The van der Waals surface area contributed by atoms with Crippen molar-refractivity contribution >= 4 is 34.6 Å². The van der Waals surface area contributed by atoms with Crippen LogP contribution in [0.4, 0.5) is 0 Å². The summed E-state index contributed by atoms with van der Waals surface area (Å²) in [6, 6.07) is 9.87. The fourth-order valence-corrected chi connectivity index (χ4v) is 3.25. The van der Waals surface area contributed by atoms with Crippen LogP contribution in [-0.4, -0.2) is 24.3 Å². The van der Waals surface area contributed by atoms with Crippen molar-refractivity contribution < 1.29 is 9.63 Å². The van der Waals surface area contributed by atoms with Gasteiger partial charge in [0, 0.05) is 6.42 Å². The molecule has 1 aliphatic heterocycles. The predicted octanol–water partition coefficient (Wildman–Crippen LogP) is 3.63. The lowest BCUT2D eigenvalue weighted by atomic mass is 10.0. The second kappa shape index (κ2) is 6.50. The molecule has 0 spiro atoms. The van der Waals surface area contributed by atoms with Crippen molar-refractivity contribution in [2.45, 2.75) is 19.4 Å².